The van der Waals surface area contributed by atoms with Gasteiger partial charge in [0, 0.05) is 24.5 Å². The lowest BCUT2D eigenvalue weighted by Gasteiger charge is -2.28. The number of ether oxygens (including phenoxy) is 1. The van der Waals surface area contributed by atoms with Crippen molar-refractivity contribution in [2.45, 2.75) is 0 Å². The van der Waals surface area contributed by atoms with Crippen LogP contribution in [-0.4, -0.2) is 41.2 Å². The molecule has 0 bridgehead atoms. The van der Waals surface area contributed by atoms with Crippen molar-refractivity contribution in [3.05, 3.63) is 45.9 Å². The van der Waals surface area contributed by atoms with Crippen LogP contribution in [0, 0.1) is 10.1 Å². The molecular weight excluding hydrogens is 322 g/mol. The van der Waals surface area contributed by atoms with E-state index in [1.165, 1.54) is 0 Å². The summed E-state index contributed by atoms with van der Waals surface area (Å²) in [6, 6.07) is 7.57. The molecule has 0 spiro atoms. The molecule has 2 aromatic rings. The molecule has 0 radical (unpaired) electrons. The third kappa shape index (κ3) is 3.66. The molecular formula is C14H14ClN5O3. The summed E-state index contributed by atoms with van der Waals surface area (Å²) < 4.78 is 5.33. The van der Waals surface area contributed by atoms with Crippen molar-refractivity contribution in [3.8, 4) is 0 Å². The molecule has 0 unspecified atom stereocenters. The van der Waals surface area contributed by atoms with E-state index in [0.717, 1.165) is 25.0 Å². The first-order valence-electron chi connectivity index (χ1n) is 7.00. The minimum Gasteiger partial charge on any atom is -0.378 e. The fourth-order valence-corrected chi connectivity index (χ4v) is 2.43. The third-order valence-corrected chi connectivity index (χ3v) is 3.63. The van der Waals surface area contributed by atoms with Crippen LogP contribution < -0.4 is 10.2 Å². The van der Waals surface area contributed by atoms with Gasteiger partial charge in [0.25, 0.3) is 0 Å². The molecule has 23 heavy (non-hydrogen) atoms. The van der Waals surface area contributed by atoms with Crippen molar-refractivity contribution in [2.24, 2.45) is 0 Å². The number of anilines is 3. The first-order chi connectivity index (χ1) is 11.1. The van der Waals surface area contributed by atoms with Crippen molar-refractivity contribution in [2.75, 3.05) is 36.5 Å². The quantitative estimate of drug-likeness (QED) is 0.521. The summed E-state index contributed by atoms with van der Waals surface area (Å²) in [7, 11) is 0. The van der Waals surface area contributed by atoms with Gasteiger partial charge in [0.15, 0.2) is 0 Å². The number of hydrogen-bond donors (Lipinski definition) is 1. The highest BCUT2D eigenvalue weighted by Gasteiger charge is 2.17. The van der Waals surface area contributed by atoms with E-state index >= 15 is 0 Å². The Labute approximate surface area is 137 Å². The Morgan fingerprint density at radius 3 is 2.61 bits per heavy atom. The van der Waals surface area contributed by atoms with Crippen molar-refractivity contribution in [1.82, 2.24) is 9.97 Å². The summed E-state index contributed by atoms with van der Waals surface area (Å²) in [6.45, 7) is 3.12. The van der Waals surface area contributed by atoms with Gasteiger partial charge in [-0.3, -0.25) is 10.1 Å². The molecule has 1 N–H and O–H groups in total. The van der Waals surface area contributed by atoms with E-state index in [1.807, 2.05) is 24.3 Å². The monoisotopic (exact) mass is 335 g/mol. The van der Waals surface area contributed by atoms with Gasteiger partial charge in [0.2, 0.25) is 11.1 Å². The molecule has 3 rings (SSSR count). The number of nitro groups is 1. The number of benzene rings is 1. The number of aromatic nitrogens is 2. The summed E-state index contributed by atoms with van der Waals surface area (Å²) in [6.07, 6.45) is 1.08. The molecule has 0 atom stereocenters. The molecule has 0 aliphatic carbocycles. The summed E-state index contributed by atoms with van der Waals surface area (Å²) in [5.74, 6) is 0.0640. The fraction of sp³-hybridized carbons (Fsp3) is 0.286. The summed E-state index contributed by atoms with van der Waals surface area (Å²) >= 11 is 5.71. The van der Waals surface area contributed by atoms with E-state index in [1.54, 1.807) is 0 Å². The van der Waals surface area contributed by atoms with Crippen LogP contribution in [0.5, 0.6) is 0 Å². The van der Waals surface area contributed by atoms with Crippen LogP contribution in [0.25, 0.3) is 0 Å². The SMILES string of the molecule is O=[N+]([O-])c1cnc(Cl)nc1Nc1ccc(N2CCOCC2)cc1. The molecule has 1 fully saturated rings. The minimum atomic E-state index is -0.555. The van der Waals surface area contributed by atoms with Crippen LogP contribution >= 0.6 is 11.6 Å². The molecule has 1 aliphatic rings. The maximum absolute atomic E-state index is 11.0. The Bertz CT molecular complexity index is 704. The van der Waals surface area contributed by atoms with E-state index in [0.29, 0.717) is 18.9 Å². The largest absolute Gasteiger partial charge is 0.378 e. The van der Waals surface area contributed by atoms with Gasteiger partial charge in [-0.2, -0.15) is 4.98 Å². The van der Waals surface area contributed by atoms with Gasteiger partial charge in [0.1, 0.15) is 6.20 Å². The van der Waals surface area contributed by atoms with E-state index in [4.69, 9.17) is 16.3 Å². The Kier molecular flexibility index (Phi) is 4.54. The zero-order chi connectivity index (χ0) is 16.2. The van der Waals surface area contributed by atoms with Crippen LogP contribution in [0.1, 0.15) is 0 Å². The minimum absolute atomic E-state index is 0.0527. The summed E-state index contributed by atoms with van der Waals surface area (Å²) in [4.78, 5) is 20.2. The Hall–Kier alpha value is -2.45. The lowest BCUT2D eigenvalue weighted by molar-refractivity contribution is -0.384. The summed E-state index contributed by atoms with van der Waals surface area (Å²) in [5, 5.41) is 13.9. The smallest absolute Gasteiger partial charge is 0.329 e. The second-order valence-corrected chi connectivity index (χ2v) is 5.24. The number of nitrogens with zero attached hydrogens (tertiary/aromatic N) is 4. The predicted molar refractivity (Wildman–Crippen MR) is 86.5 cm³/mol. The molecule has 1 saturated heterocycles. The lowest BCUT2D eigenvalue weighted by atomic mass is 10.2. The Morgan fingerprint density at radius 1 is 1.26 bits per heavy atom. The molecule has 1 aliphatic heterocycles. The highest BCUT2D eigenvalue weighted by Crippen LogP contribution is 2.27. The number of rotatable bonds is 4. The predicted octanol–water partition coefficient (Wildman–Crippen LogP) is 2.62. The van der Waals surface area contributed by atoms with Crippen molar-refractivity contribution < 1.29 is 9.66 Å². The first-order valence-corrected chi connectivity index (χ1v) is 7.38. The zero-order valence-corrected chi connectivity index (χ0v) is 12.9. The second-order valence-electron chi connectivity index (χ2n) is 4.90. The molecule has 120 valence electrons. The zero-order valence-electron chi connectivity index (χ0n) is 12.1. The van der Waals surface area contributed by atoms with Crippen molar-refractivity contribution in [1.29, 1.82) is 0 Å². The third-order valence-electron chi connectivity index (χ3n) is 3.44. The Balaban J connectivity index is 1.78. The highest BCUT2D eigenvalue weighted by atomic mass is 35.5. The van der Waals surface area contributed by atoms with Crippen LogP contribution in [0.15, 0.2) is 30.5 Å². The van der Waals surface area contributed by atoms with Gasteiger partial charge in [-0.05, 0) is 35.9 Å². The van der Waals surface area contributed by atoms with Crippen LogP contribution in [-0.2, 0) is 4.74 Å². The number of hydrogen-bond acceptors (Lipinski definition) is 7. The van der Waals surface area contributed by atoms with Gasteiger partial charge >= 0.3 is 5.69 Å². The van der Waals surface area contributed by atoms with Gasteiger partial charge in [-0.15, -0.1) is 0 Å². The van der Waals surface area contributed by atoms with E-state index in [9.17, 15) is 10.1 Å². The summed E-state index contributed by atoms with van der Waals surface area (Å²) in [5.41, 5.74) is 1.53. The fourth-order valence-electron chi connectivity index (χ4n) is 2.29. The average Bonchev–Trinajstić information content (AvgIpc) is 2.56. The van der Waals surface area contributed by atoms with Crippen LogP contribution in [0.4, 0.5) is 22.9 Å². The second kappa shape index (κ2) is 6.76. The molecule has 0 amide bonds. The molecule has 2 heterocycles. The molecule has 1 aromatic heterocycles. The van der Waals surface area contributed by atoms with Gasteiger partial charge in [-0.25, -0.2) is 4.98 Å². The molecule has 9 heteroatoms. The number of nitrogens with one attached hydrogen (secondary N) is 1. The topological polar surface area (TPSA) is 93.4 Å². The average molecular weight is 336 g/mol. The highest BCUT2D eigenvalue weighted by molar-refractivity contribution is 6.28. The van der Waals surface area contributed by atoms with Crippen molar-refractivity contribution in [3.63, 3.8) is 0 Å². The van der Waals surface area contributed by atoms with E-state index < -0.39 is 4.92 Å². The standard InChI is InChI=1S/C14H14ClN5O3/c15-14-16-9-12(20(21)22)13(18-14)17-10-1-3-11(4-2-10)19-5-7-23-8-6-19/h1-4,9H,5-8H2,(H,16,17,18). The lowest BCUT2D eigenvalue weighted by Crippen LogP contribution is -2.36. The van der Waals surface area contributed by atoms with Gasteiger partial charge in [-0.1, -0.05) is 0 Å². The maximum Gasteiger partial charge on any atom is 0.329 e. The van der Waals surface area contributed by atoms with E-state index in [-0.39, 0.29) is 16.8 Å². The van der Waals surface area contributed by atoms with Crippen LogP contribution in [0.2, 0.25) is 5.28 Å². The van der Waals surface area contributed by atoms with E-state index in [2.05, 4.69) is 20.2 Å². The molecule has 1 aromatic carbocycles. The van der Waals surface area contributed by atoms with Crippen molar-refractivity contribution >= 4 is 34.5 Å². The molecule has 8 nitrogen and oxygen atoms in total. The maximum atomic E-state index is 11.0. The van der Waals surface area contributed by atoms with Gasteiger partial charge < -0.3 is 15.0 Å². The molecule has 0 saturated carbocycles. The van der Waals surface area contributed by atoms with Crippen LogP contribution in [0.3, 0.4) is 0 Å². The normalized spacial score (nSPS) is 14.6. The number of morpholine rings is 1. The Morgan fingerprint density at radius 2 is 1.96 bits per heavy atom. The number of halogens is 1. The first kappa shape index (κ1) is 15.4. The van der Waals surface area contributed by atoms with Gasteiger partial charge in [0.05, 0.1) is 18.1 Å².